The van der Waals surface area contributed by atoms with Gasteiger partial charge in [0.05, 0.1) is 10.7 Å². The van der Waals surface area contributed by atoms with Crippen molar-refractivity contribution in [3.05, 3.63) is 22.8 Å². The summed E-state index contributed by atoms with van der Waals surface area (Å²) in [5.41, 5.74) is 6.40. The minimum Gasteiger partial charge on any atom is -0.355 e. The molecule has 1 unspecified atom stereocenters. The number of rotatable bonds is 3. The van der Waals surface area contributed by atoms with E-state index in [2.05, 4.69) is 28.9 Å². The average Bonchev–Trinajstić information content (AvgIpc) is 2.79. The molecular formula is C12H19ClN4. The Morgan fingerprint density at radius 3 is 2.88 bits per heavy atom. The molecule has 0 aliphatic carbocycles. The molecule has 5 heteroatoms. The van der Waals surface area contributed by atoms with Crippen LogP contribution in [0.3, 0.4) is 0 Å². The van der Waals surface area contributed by atoms with Crippen LogP contribution in [0, 0.1) is 0 Å². The molecule has 0 aromatic carbocycles. The molecule has 0 amide bonds. The normalized spacial score (nSPS) is 20.3. The Bertz CT molecular complexity index is 394. The van der Waals surface area contributed by atoms with Gasteiger partial charge in [-0.15, -0.1) is 0 Å². The second-order valence-electron chi connectivity index (χ2n) is 4.65. The van der Waals surface area contributed by atoms with E-state index in [4.69, 9.17) is 17.3 Å². The van der Waals surface area contributed by atoms with E-state index in [1.807, 2.05) is 12.1 Å². The molecule has 0 saturated carbocycles. The largest absolute Gasteiger partial charge is 0.355 e. The number of halogens is 1. The van der Waals surface area contributed by atoms with E-state index >= 15 is 0 Å². The smallest absolute Gasteiger partial charge is 0.129 e. The monoisotopic (exact) mass is 254 g/mol. The van der Waals surface area contributed by atoms with Gasteiger partial charge in [0, 0.05) is 25.7 Å². The van der Waals surface area contributed by atoms with Crippen molar-refractivity contribution in [2.75, 3.05) is 32.1 Å². The first-order valence-corrected chi connectivity index (χ1v) is 6.26. The van der Waals surface area contributed by atoms with Crippen molar-refractivity contribution in [3.8, 4) is 0 Å². The van der Waals surface area contributed by atoms with Gasteiger partial charge in [-0.2, -0.15) is 0 Å². The fraction of sp³-hybridized carbons (Fsp3) is 0.583. The molecule has 0 radical (unpaired) electrons. The topological polar surface area (TPSA) is 45.4 Å². The van der Waals surface area contributed by atoms with Gasteiger partial charge in [-0.25, -0.2) is 4.98 Å². The van der Waals surface area contributed by atoms with Crippen LogP contribution in [0.1, 0.15) is 12.1 Å². The molecule has 1 fully saturated rings. The van der Waals surface area contributed by atoms with Gasteiger partial charge in [-0.1, -0.05) is 11.6 Å². The van der Waals surface area contributed by atoms with Crippen molar-refractivity contribution >= 4 is 17.4 Å². The molecular weight excluding hydrogens is 236 g/mol. The van der Waals surface area contributed by atoms with Crippen LogP contribution in [0.5, 0.6) is 0 Å². The van der Waals surface area contributed by atoms with Gasteiger partial charge in [-0.3, -0.25) is 0 Å². The quantitative estimate of drug-likeness (QED) is 0.884. The standard InChI is InChI=1S/C12H19ClN4/c1-16(2)9-5-6-17(8-9)12-4-3-10(13)11(7-14)15-12/h3-4,9H,5-8,14H2,1-2H3. The Morgan fingerprint density at radius 2 is 2.29 bits per heavy atom. The van der Waals surface area contributed by atoms with Gasteiger partial charge in [0.25, 0.3) is 0 Å². The number of hydrogen-bond acceptors (Lipinski definition) is 4. The van der Waals surface area contributed by atoms with E-state index in [0.717, 1.165) is 24.6 Å². The van der Waals surface area contributed by atoms with Crippen molar-refractivity contribution < 1.29 is 0 Å². The fourth-order valence-corrected chi connectivity index (χ4v) is 2.35. The predicted molar refractivity (Wildman–Crippen MR) is 71.4 cm³/mol. The Kier molecular flexibility index (Phi) is 3.86. The number of pyridine rings is 1. The summed E-state index contributed by atoms with van der Waals surface area (Å²) in [6.07, 6.45) is 1.18. The number of nitrogens with two attached hydrogens (primary N) is 1. The highest BCUT2D eigenvalue weighted by molar-refractivity contribution is 6.31. The molecule has 0 bridgehead atoms. The van der Waals surface area contributed by atoms with Crippen LogP contribution in [0.25, 0.3) is 0 Å². The first-order chi connectivity index (χ1) is 8.11. The van der Waals surface area contributed by atoms with E-state index in [-0.39, 0.29) is 0 Å². The first kappa shape index (κ1) is 12.6. The third kappa shape index (κ3) is 2.70. The third-order valence-corrected chi connectivity index (χ3v) is 3.66. The van der Waals surface area contributed by atoms with Gasteiger partial charge in [-0.05, 0) is 32.6 Å². The fourth-order valence-electron chi connectivity index (χ4n) is 2.16. The number of anilines is 1. The van der Waals surface area contributed by atoms with Gasteiger partial charge in [0.1, 0.15) is 5.82 Å². The molecule has 1 saturated heterocycles. The Morgan fingerprint density at radius 1 is 1.53 bits per heavy atom. The summed E-state index contributed by atoms with van der Waals surface area (Å²) in [5.74, 6) is 0.985. The zero-order chi connectivity index (χ0) is 12.4. The minimum atomic E-state index is 0.387. The van der Waals surface area contributed by atoms with E-state index < -0.39 is 0 Å². The van der Waals surface area contributed by atoms with Crippen molar-refractivity contribution in [1.29, 1.82) is 0 Å². The third-order valence-electron chi connectivity index (χ3n) is 3.31. The van der Waals surface area contributed by atoms with Crippen LogP contribution >= 0.6 is 11.6 Å². The molecule has 1 aliphatic rings. The van der Waals surface area contributed by atoms with Crippen LogP contribution in [-0.2, 0) is 6.54 Å². The Hall–Kier alpha value is -0.840. The number of nitrogens with zero attached hydrogens (tertiary/aromatic N) is 3. The highest BCUT2D eigenvalue weighted by Gasteiger charge is 2.25. The van der Waals surface area contributed by atoms with Crippen molar-refractivity contribution in [2.45, 2.75) is 19.0 Å². The van der Waals surface area contributed by atoms with Gasteiger partial charge in [0.2, 0.25) is 0 Å². The molecule has 1 aromatic heterocycles. The Labute approximate surface area is 107 Å². The summed E-state index contributed by atoms with van der Waals surface area (Å²) in [6, 6.07) is 4.46. The van der Waals surface area contributed by atoms with Gasteiger partial charge >= 0.3 is 0 Å². The maximum absolute atomic E-state index is 6.01. The summed E-state index contributed by atoms with van der Waals surface area (Å²) >= 11 is 6.01. The SMILES string of the molecule is CN(C)C1CCN(c2ccc(Cl)c(CN)n2)C1. The molecule has 94 valence electrons. The molecule has 1 aromatic rings. The predicted octanol–water partition coefficient (Wildman–Crippen LogP) is 1.33. The van der Waals surface area contributed by atoms with Gasteiger partial charge < -0.3 is 15.5 Å². The summed E-state index contributed by atoms with van der Waals surface area (Å²) in [5, 5.41) is 0.652. The molecule has 2 N–H and O–H groups in total. The minimum absolute atomic E-state index is 0.387. The van der Waals surface area contributed by atoms with Crippen molar-refractivity contribution in [2.24, 2.45) is 5.73 Å². The lowest BCUT2D eigenvalue weighted by Crippen LogP contribution is -2.31. The van der Waals surface area contributed by atoms with E-state index in [0.29, 0.717) is 17.6 Å². The Balaban J connectivity index is 2.13. The van der Waals surface area contributed by atoms with Crippen molar-refractivity contribution in [3.63, 3.8) is 0 Å². The molecule has 17 heavy (non-hydrogen) atoms. The zero-order valence-electron chi connectivity index (χ0n) is 10.4. The second-order valence-corrected chi connectivity index (χ2v) is 5.06. The van der Waals surface area contributed by atoms with Crippen LogP contribution in [0.4, 0.5) is 5.82 Å². The first-order valence-electron chi connectivity index (χ1n) is 5.88. The molecule has 0 spiro atoms. The average molecular weight is 255 g/mol. The van der Waals surface area contributed by atoms with Crippen molar-refractivity contribution in [1.82, 2.24) is 9.88 Å². The summed E-state index contributed by atoms with van der Waals surface area (Å²) in [7, 11) is 4.24. The molecule has 1 atom stereocenters. The highest BCUT2D eigenvalue weighted by Crippen LogP contribution is 2.23. The second kappa shape index (κ2) is 5.21. The van der Waals surface area contributed by atoms with E-state index in [1.165, 1.54) is 6.42 Å². The van der Waals surface area contributed by atoms with Crippen LogP contribution in [0.2, 0.25) is 5.02 Å². The number of hydrogen-bond donors (Lipinski definition) is 1. The van der Waals surface area contributed by atoms with Crippen LogP contribution < -0.4 is 10.6 Å². The van der Waals surface area contributed by atoms with E-state index in [9.17, 15) is 0 Å². The highest BCUT2D eigenvalue weighted by atomic mass is 35.5. The summed E-state index contributed by atoms with van der Waals surface area (Å²) < 4.78 is 0. The molecule has 1 aliphatic heterocycles. The van der Waals surface area contributed by atoms with Gasteiger partial charge in [0.15, 0.2) is 0 Å². The lowest BCUT2D eigenvalue weighted by Gasteiger charge is -2.21. The maximum Gasteiger partial charge on any atom is 0.129 e. The molecule has 4 nitrogen and oxygen atoms in total. The lowest BCUT2D eigenvalue weighted by atomic mass is 10.2. The zero-order valence-corrected chi connectivity index (χ0v) is 11.1. The van der Waals surface area contributed by atoms with E-state index in [1.54, 1.807) is 0 Å². The number of likely N-dealkylation sites (N-methyl/N-ethyl adjacent to an activating group) is 1. The van der Waals surface area contributed by atoms with Crippen LogP contribution in [-0.4, -0.2) is 43.1 Å². The summed E-state index contributed by atoms with van der Waals surface area (Å²) in [4.78, 5) is 9.07. The van der Waals surface area contributed by atoms with Crippen LogP contribution in [0.15, 0.2) is 12.1 Å². The number of aromatic nitrogens is 1. The lowest BCUT2D eigenvalue weighted by molar-refractivity contribution is 0.315. The summed E-state index contributed by atoms with van der Waals surface area (Å²) in [6.45, 7) is 2.45. The molecule has 2 heterocycles. The molecule has 2 rings (SSSR count). The maximum atomic E-state index is 6.01.